The summed E-state index contributed by atoms with van der Waals surface area (Å²) in [5, 5.41) is 8.79. The zero-order chi connectivity index (χ0) is 9.61. The second kappa shape index (κ2) is 7.93. The molecule has 74 valence electrons. The van der Waals surface area contributed by atoms with Gasteiger partial charge in [-0.3, -0.25) is 0 Å². The van der Waals surface area contributed by atoms with Crippen LogP contribution in [0.3, 0.4) is 0 Å². The molecule has 7 heteroatoms. The van der Waals surface area contributed by atoms with Crippen LogP contribution < -0.4 is 0 Å². The van der Waals surface area contributed by atoms with Gasteiger partial charge in [0.05, 0.1) is 6.61 Å². The fourth-order valence-electron chi connectivity index (χ4n) is 0.363. The molecule has 0 fully saturated rings. The van der Waals surface area contributed by atoms with Crippen molar-refractivity contribution < 1.29 is 21.9 Å². The zero-order valence-corrected chi connectivity index (χ0v) is 7.58. The van der Waals surface area contributed by atoms with Gasteiger partial charge < -0.3 is 5.11 Å². The van der Waals surface area contributed by atoms with E-state index in [2.05, 4.69) is 14.9 Å². The van der Waals surface area contributed by atoms with Crippen molar-refractivity contribution in [2.45, 2.75) is 19.6 Å². The normalized spacial score (nSPS) is 13.1. The first-order valence-corrected chi connectivity index (χ1v) is 4.71. The van der Waals surface area contributed by atoms with Crippen molar-refractivity contribution in [2.75, 3.05) is 6.61 Å². The Morgan fingerprint density at radius 3 is 2.54 bits per heavy atom. The summed E-state index contributed by atoms with van der Waals surface area (Å²) in [7, 11) is -4.08. The summed E-state index contributed by atoms with van der Waals surface area (Å²) >= 11 is 0. The second-order valence-electron chi connectivity index (χ2n) is 1.94. The Kier molecular flexibility index (Phi) is 9.77. The molecule has 0 radical (unpaired) electrons. The quantitative estimate of drug-likeness (QED) is 0.372. The van der Waals surface area contributed by atoms with Crippen LogP contribution in [0, 0.1) is 0 Å². The van der Waals surface area contributed by atoms with Crippen LogP contribution in [-0.4, -0.2) is 56.0 Å². The second-order valence-corrected chi connectivity index (χ2v) is 3.19. The van der Waals surface area contributed by atoms with Gasteiger partial charge in [0, 0.05) is 0 Å². The molecule has 0 aliphatic carbocycles. The molecule has 0 saturated heterocycles. The van der Waals surface area contributed by atoms with Gasteiger partial charge >= 0.3 is 40.0 Å². The van der Waals surface area contributed by atoms with Gasteiger partial charge in [-0.05, 0) is 6.42 Å². The minimum atomic E-state index is -4.08. The van der Waals surface area contributed by atoms with E-state index >= 15 is 0 Å². The maximum absolute atomic E-state index is 10.7. The maximum atomic E-state index is 10.7. The summed E-state index contributed by atoms with van der Waals surface area (Å²) < 4.78 is 29.8. The van der Waals surface area contributed by atoms with Crippen LogP contribution in [0.5, 0.6) is 0 Å². The van der Waals surface area contributed by atoms with E-state index in [-0.39, 0.29) is 42.6 Å². The molecule has 0 aromatic heterocycles. The number of hydrogen-bond donors (Lipinski definition) is 1. The van der Waals surface area contributed by atoms with Gasteiger partial charge in [-0.15, -0.1) is 6.58 Å². The van der Waals surface area contributed by atoms with E-state index in [0.717, 1.165) is 0 Å². The number of hydrogen-bond acceptors (Lipinski definition) is 5. The van der Waals surface area contributed by atoms with E-state index in [9.17, 15) is 8.42 Å². The third kappa shape index (κ3) is 8.89. The minimum absolute atomic E-state index is 0. The SMILES string of the molecule is C=CCOS(=O)(=O)OC(O)CC.[NaH]. The van der Waals surface area contributed by atoms with Gasteiger partial charge in [-0.1, -0.05) is 13.0 Å². The zero-order valence-electron chi connectivity index (χ0n) is 6.76. The molecule has 13 heavy (non-hydrogen) atoms. The van der Waals surface area contributed by atoms with Crippen LogP contribution >= 0.6 is 0 Å². The summed E-state index contributed by atoms with van der Waals surface area (Å²) in [6, 6.07) is 0. The first-order chi connectivity index (χ1) is 5.52. The Bertz CT molecular complexity index is 225. The molecule has 0 bridgehead atoms. The van der Waals surface area contributed by atoms with Crippen molar-refractivity contribution in [2.24, 2.45) is 0 Å². The van der Waals surface area contributed by atoms with E-state index in [4.69, 9.17) is 5.11 Å². The molecule has 1 atom stereocenters. The Balaban J connectivity index is 0. The molecule has 5 nitrogen and oxygen atoms in total. The number of aliphatic hydroxyl groups excluding tert-OH is 1. The van der Waals surface area contributed by atoms with Crippen molar-refractivity contribution in [1.82, 2.24) is 0 Å². The van der Waals surface area contributed by atoms with Crippen molar-refractivity contribution in [3.63, 3.8) is 0 Å². The Hall–Kier alpha value is 0.570. The standard InChI is InChI=1S/C6H12O5S.Na.H/c1-3-5-10-12(8,9)11-6(7)4-2;;/h3,6-7H,1,4-5H2,2H3;;. The predicted molar refractivity (Wildman–Crippen MR) is 49.6 cm³/mol. The summed E-state index contributed by atoms with van der Waals surface area (Å²) in [5.74, 6) is 0. The van der Waals surface area contributed by atoms with Crippen LogP contribution in [0.2, 0.25) is 0 Å². The van der Waals surface area contributed by atoms with Crippen molar-refractivity contribution >= 4 is 40.0 Å². The number of rotatable bonds is 6. The first kappa shape index (κ1) is 16.0. The van der Waals surface area contributed by atoms with E-state index < -0.39 is 16.7 Å². The molecule has 0 saturated carbocycles. The molecular formula is C6H13NaO5S. The molecule has 1 unspecified atom stereocenters. The molecule has 0 aromatic carbocycles. The fraction of sp³-hybridized carbons (Fsp3) is 0.667. The molecule has 0 aliphatic rings. The Labute approximate surface area is 100 Å². The van der Waals surface area contributed by atoms with Crippen molar-refractivity contribution in [3.05, 3.63) is 12.7 Å². The summed E-state index contributed by atoms with van der Waals surface area (Å²) in [5.41, 5.74) is 0. The van der Waals surface area contributed by atoms with E-state index in [1.807, 2.05) is 0 Å². The first-order valence-electron chi connectivity index (χ1n) is 3.38. The van der Waals surface area contributed by atoms with E-state index in [1.54, 1.807) is 6.92 Å². The molecule has 0 amide bonds. The van der Waals surface area contributed by atoms with E-state index in [0.29, 0.717) is 0 Å². The third-order valence-electron chi connectivity index (χ3n) is 0.908. The molecule has 0 heterocycles. The third-order valence-corrected chi connectivity index (χ3v) is 1.79. The van der Waals surface area contributed by atoms with Gasteiger partial charge in [0.15, 0.2) is 6.29 Å². The molecule has 0 aromatic rings. The van der Waals surface area contributed by atoms with Crippen LogP contribution in [0.15, 0.2) is 12.7 Å². The van der Waals surface area contributed by atoms with Gasteiger partial charge in [-0.25, -0.2) is 8.37 Å². The average Bonchev–Trinajstić information content (AvgIpc) is 2.00. The molecule has 0 spiro atoms. The average molecular weight is 220 g/mol. The van der Waals surface area contributed by atoms with Gasteiger partial charge in [0.25, 0.3) is 0 Å². The Morgan fingerprint density at radius 1 is 1.62 bits per heavy atom. The topological polar surface area (TPSA) is 72.8 Å². The van der Waals surface area contributed by atoms with Gasteiger partial charge in [0.1, 0.15) is 0 Å². The summed E-state index contributed by atoms with van der Waals surface area (Å²) in [6.45, 7) is 4.66. The Morgan fingerprint density at radius 2 is 2.15 bits per heavy atom. The molecular weight excluding hydrogens is 207 g/mol. The van der Waals surface area contributed by atoms with Crippen LogP contribution in [0.1, 0.15) is 13.3 Å². The molecule has 1 N–H and O–H groups in total. The predicted octanol–water partition coefficient (Wildman–Crippen LogP) is -0.470. The fourth-order valence-corrected chi connectivity index (χ4v) is 1.09. The summed E-state index contributed by atoms with van der Waals surface area (Å²) in [4.78, 5) is 0. The summed E-state index contributed by atoms with van der Waals surface area (Å²) in [6.07, 6.45) is 0.0930. The van der Waals surface area contributed by atoms with Gasteiger partial charge in [-0.2, -0.15) is 8.42 Å². The molecule has 0 aliphatic heterocycles. The van der Waals surface area contributed by atoms with Gasteiger partial charge in [0.2, 0.25) is 0 Å². The van der Waals surface area contributed by atoms with E-state index in [1.165, 1.54) is 6.08 Å². The van der Waals surface area contributed by atoms with Crippen LogP contribution in [-0.2, 0) is 18.8 Å². The van der Waals surface area contributed by atoms with Crippen molar-refractivity contribution in [1.29, 1.82) is 0 Å². The van der Waals surface area contributed by atoms with Crippen LogP contribution in [0.25, 0.3) is 0 Å². The monoisotopic (exact) mass is 220 g/mol. The van der Waals surface area contributed by atoms with Crippen molar-refractivity contribution in [3.8, 4) is 0 Å². The van der Waals surface area contributed by atoms with Crippen LogP contribution in [0.4, 0.5) is 0 Å². The number of aliphatic hydroxyl groups is 1. The molecule has 0 rings (SSSR count).